The molecule has 96 valence electrons. The Labute approximate surface area is 121 Å². The van der Waals surface area contributed by atoms with Crippen molar-refractivity contribution in [2.24, 2.45) is 0 Å². The lowest BCUT2D eigenvalue weighted by molar-refractivity contribution is 0.190. The van der Waals surface area contributed by atoms with Crippen LogP contribution >= 0.6 is 31.9 Å². The van der Waals surface area contributed by atoms with Crippen molar-refractivity contribution in [3.8, 4) is 0 Å². The van der Waals surface area contributed by atoms with Gasteiger partial charge in [0.25, 0.3) is 0 Å². The van der Waals surface area contributed by atoms with E-state index in [-0.39, 0.29) is 5.41 Å². The van der Waals surface area contributed by atoms with Crippen molar-refractivity contribution < 1.29 is 4.74 Å². The zero-order valence-electron chi connectivity index (χ0n) is 10.3. The molecule has 17 heavy (non-hydrogen) atoms. The topological polar surface area (TPSA) is 9.23 Å². The number of unbranched alkanes of at least 4 members (excludes halogenated alkanes) is 1. The summed E-state index contributed by atoms with van der Waals surface area (Å²) in [5.41, 5.74) is 1.61. The highest BCUT2D eigenvalue weighted by atomic mass is 79.9. The highest BCUT2D eigenvalue weighted by Gasteiger charge is 2.29. The van der Waals surface area contributed by atoms with Crippen molar-refractivity contribution in [3.63, 3.8) is 0 Å². The second kappa shape index (κ2) is 8.28. The van der Waals surface area contributed by atoms with Crippen LogP contribution in [0.4, 0.5) is 0 Å². The van der Waals surface area contributed by atoms with Crippen LogP contribution in [-0.4, -0.2) is 24.4 Å². The van der Waals surface area contributed by atoms with Crippen molar-refractivity contribution in [3.05, 3.63) is 35.9 Å². The number of ether oxygens (including phenoxy) is 1. The summed E-state index contributed by atoms with van der Waals surface area (Å²) < 4.78 is 5.11. The summed E-state index contributed by atoms with van der Waals surface area (Å²) in [6, 6.07) is 10.7. The molecule has 0 saturated heterocycles. The van der Waals surface area contributed by atoms with Gasteiger partial charge in [-0.15, -0.1) is 0 Å². The summed E-state index contributed by atoms with van der Waals surface area (Å²) in [4.78, 5) is 0. The summed E-state index contributed by atoms with van der Waals surface area (Å²) in [5.74, 6) is 0. The van der Waals surface area contributed by atoms with E-state index in [1.54, 1.807) is 7.11 Å². The molecule has 0 aliphatic carbocycles. The molecule has 3 heteroatoms. The fourth-order valence-electron chi connectivity index (χ4n) is 1.97. The number of rotatable bonds is 8. The maximum absolute atomic E-state index is 5.11. The average Bonchev–Trinajstić information content (AvgIpc) is 2.41. The molecule has 0 fully saturated rings. The van der Waals surface area contributed by atoms with Crippen molar-refractivity contribution in [2.75, 3.05) is 24.4 Å². The van der Waals surface area contributed by atoms with Crippen molar-refractivity contribution >= 4 is 31.9 Å². The van der Waals surface area contributed by atoms with E-state index < -0.39 is 0 Å². The molecule has 0 aliphatic heterocycles. The Balaban J connectivity index is 2.68. The van der Waals surface area contributed by atoms with Gasteiger partial charge in [-0.2, -0.15) is 0 Å². The first-order chi connectivity index (χ1) is 8.29. The Bertz CT molecular complexity index is 296. The number of hydrogen-bond acceptors (Lipinski definition) is 1. The van der Waals surface area contributed by atoms with E-state index in [9.17, 15) is 0 Å². The van der Waals surface area contributed by atoms with Gasteiger partial charge in [0.15, 0.2) is 0 Å². The van der Waals surface area contributed by atoms with Crippen LogP contribution in [0.2, 0.25) is 0 Å². The lowest BCUT2D eigenvalue weighted by atomic mass is 9.80. The van der Waals surface area contributed by atoms with Gasteiger partial charge in [0, 0.05) is 29.8 Å². The zero-order valence-corrected chi connectivity index (χ0v) is 13.5. The summed E-state index contributed by atoms with van der Waals surface area (Å²) in [6.07, 6.45) is 3.50. The Hall–Kier alpha value is 0.140. The first-order valence-electron chi connectivity index (χ1n) is 5.95. The molecule has 0 amide bonds. The van der Waals surface area contributed by atoms with Crippen LogP contribution < -0.4 is 0 Å². The maximum atomic E-state index is 5.11. The summed E-state index contributed by atoms with van der Waals surface area (Å²) in [7, 11) is 1.76. The van der Waals surface area contributed by atoms with Gasteiger partial charge >= 0.3 is 0 Å². The van der Waals surface area contributed by atoms with Crippen LogP contribution in [0, 0.1) is 0 Å². The second-order valence-corrected chi connectivity index (χ2v) is 5.48. The predicted molar refractivity (Wildman–Crippen MR) is 81.4 cm³/mol. The quantitative estimate of drug-likeness (QED) is 0.487. The number of alkyl halides is 2. The Morgan fingerprint density at radius 2 is 1.71 bits per heavy atom. The standard InChI is InChI=1S/C14H20Br2O/c1-17-10-6-5-9-14(11-15,12-16)13-7-3-2-4-8-13/h2-4,7-8H,5-6,9-12H2,1H3. The minimum absolute atomic E-state index is 0.203. The summed E-state index contributed by atoms with van der Waals surface area (Å²) in [6.45, 7) is 0.857. The van der Waals surface area contributed by atoms with Gasteiger partial charge in [-0.3, -0.25) is 0 Å². The molecule has 0 bridgehead atoms. The highest BCUT2D eigenvalue weighted by molar-refractivity contribution is 9.09. The van der Waals surface area contributed by atoms with Crippen LogP contribution in [0.15, 0.2) is 30.3 Å². The summed E-state index contributed by atoms with van der Waals surface area (Å²) in [5, 5.41) is 1.98. The van der Waals surface area contributed by atoms with E-state index in [4.69, 9.17) is 4.74 Å². The van der Waals surface area contributed by atoms with Crippen LogP contribution in [-0.2, 0) is 10.2 Å². The SMILES string of the molecule is COCCCCC(CBr)(CBr)c1ccccc1. The van der Waals surface area contributed by atoms with E-state index in [2.05, 4.69) is 62.2 Å². The first kappa shape index (κ1) is 15.2. The lowest BCUT2D eigenvalue weighted by Crippen LogP contribution is -2.30. The summed E-state index contributed by atoms with van der Waals surface area (Å²) >= 11 is 7.36. The number of methoxy groups -OCH3 is 1. The molecule has 0 spiro atoms. The molecule has 1 rings (SSSR count). The molecule has 0 heterocycles. The van der Waals surface area contributed by atoms with E-state index in [0.717, 1.165) is 23.7 Å². The monoisotopic (exact) mass is 362 g/mol. The normalized spacial score (nSPS) is 11.7. The highest BCUT2D eigenvalue weighted by Crippen LogP contribution is 2.33. The van der Waals surface area contributed by atoms with Crippen LogP contribution in [0.3, 0.4) is 0 Å². The molecule has 1 nitrogen and oxygen atoms in total. The minimum Gasteiger partial charge on any atom is -0.385 e. The fourth-order valence-corrected chi connectivity index (χ4v) is 4.11. The third-order valence-electron chi connectivity index (χ3n) is 3.15. The molecule has 0 N–H and O–H groups in total. The Morgan fingerprint density at radius 3 is 2.24 bits per heavy atom. The maximum Gasteiger partial charge on any atom is 0.0462 e. The van der Waals surface area contributed by atoms with Gasteiger partial charge in [0.1, 0.15) is 0 Å². The first-order valence-corrected chi connectivity index (χ1v) is 8.20. The molecule has 0 radical (unpaired) electrons. The van der Waals surface area contributed by atoms with Gasteiger partial charge < -0.3 is 4.74 Å². The Morgan fingerprint density at radius 1 is 1.06 bits per heavy atom. The van der Waals surface area contributed by atoms with Crippen molar-refractivity contribution in [1.82, 2.24) is 0 Å². The van der Waals surface area contributed by atoms with Crippen LogP contribution in [0.1, 0.15) is 24.8 Å². The lowest BCUT2D eigenvalue weighted by Gasteiger charge is -2.30. The molecule has 1 aromatic carbocycles. The molecule has 0 atom stereocenters. The average molecular weight is 364 g/mol. The number of benzene rings is 1. The molecule has 0 aromatic heterocycles. The van der Waals surface area contributed by atoms with Gasteiger partial charge in [0.2, 0.25) is 0 Å². The molecule has 1 aromatic rings. The smallest absolute Gasteiger partial charge is 0.0462 e. The van der Waals surface area contributed by atoms with Crippen molar-refractivity contribution in [2.45, 2.75) is 24.7 Å². The van der Waals surface area contributed by atoms with Gasteiger partial charge in [0.05, 0.1) is 0 Å². The third kappa shape index (κ3) is 4.38. The molecular formula is C14H20Br2O. The van der Waals surface area contributed by atoms with E-state index in [1.807, 2.05) is 0 Å². The third-order valence-corrected chi connectivity index (χ3v) is 5.30. The van der Waals surface area contributed by atoms with Gasteiger partial charge in [-0.05, 0) is 18.4 Å². The van der Waals surface area contributed by atoms with Gasteiger partial charge in [-0.1, -0.05) is 68.6 Å². The van der Waals surface area contributed by atoms with Gasteiger partial charge in [-0.25, -0.2) is 0 Å². The van der Waals surface area contributed by atoms with E-state index in [0.29, 0.717) is 0 Å². The molecule has 0 saturated carbocycles. The number of hydrogen-bond donors (Lipinski definition) is 0. The van der Waals surface area contributed by atoms with Crippen molar-refractivity contribution in [1.29, 1.82) is 0 Å². The zero-order chi connectivity index (χ0) is 12.6. The van der Waals surface area contributed by atoms with E-state index >= 15 is 0 Å². The number of halogens is 2. The minimum atomic E-state index is 0.203. The molecule has 0 unspecified atom stereocenters. The van der Waals surface area contributed by atoms with Crippen LogP contribution in [0.5, 0.6) is 0 Å². The predicted octanol–water partition coefficient (Wildman–Crippen LogP) is 4.53. The largest absolute Gasteiger partial charge is 0.385 e. The fraction of sp³-hybridized carbons (Fsp3) is 0.571. The molecule has 0 aliphatic rings. The second-order valence-electron chi connectivity index (χ2n) is 4.36. The van der Waals surface area contributed by atoms with Crippen LogP contribution in [0.25, 0.3) is 0 Å². The Kier molecular flexibility index (Phi) is 7.40. The molecular weight excluding hydrogens is 344 g/mol. The van der Waals surface area contributed by atoms with E-state index in [1.165, 1.54) is 18.4 Å².